The van der Waals surface area contributed by atoms with E-state index in [9.17, 15) is 4.79 Å². The Bertz CT molecular complexity index is 782. The molecule has 2 atom stereocenters. The van der Waals surface area contributed by atoms with Gasteiger partial charge < -0.3 is 10.1 Å². The molecule has 1 amide bonds. The van der Waals surface area contributed by atoms with Gasteiger partial charge in [0, 0.05) is 0 Å². The Morgan fingerprint density at radius 1 is 1.15 bits per heavy atom. The molecule has 2 aromatic carbocycles. The van der Waals surface area contributed by atoms with Gasteiger partial charge in [-0.25, -0.2) is 0 Å². The maximum absolute atomic E-state index is 12.8. The van der Waals surface area contributed by atoms with Crippen LogP contribution in [0.1, 0.15) is 67.8 Å². The summed E-state index contributed by atoms with van der Waals surface area (Å²) in [5, 5.41) is 3.19. The smallest absolute Gasteiger partial charge is 0.261 e. The summed E-state index contributed by atoms with van der Waals surface area (Å²) >= 11 is 0. The molecule has 0 aromatic heterocycles. The molecule has 1 N–H and O–H groups in total. The van der Waals surface area contributed by atoms with Gasteiger partial charge in [-0.3, -0.25) is 4.79 Å². The Morgan fingerprint density at radius 2 is 1.92 bits per heavy atom. The number of carbonyl (C=O) groups is 1. The van der Waals surface area contributed by atoms with Crippen LogP contribution in [0.2, 0.25) is 0 Å². The summed E-state index contributed by atoms with van der Waals surface area (Å²) in [5.41, 5.74) is 4.87. The van der Waals surface area contributed by atoms with Gasteiger partial charge in [0.2, 0.25) is 0 Å². The summed E-state index contributed by atoms with van der Waals surface area (Å²) in [7, 11) is 0. The molecule has 0 radical (unpaired) electrons. The number of hydrogen-bond donors (Lipinski definition) is 1. The van der Waals surface area contributed by atoms with Crippen molar-refractivity contribution >= 4 is 5.91 Å². The number of amides is 1. The first-order valence-electron chi connectivity index (χ1n) is 9.61. The monoisotopic (exact) mass is 351 g/mol. The highest BCUT2D eigenvalue weighted by molar-refractivity contribution is 5.81. The molecule has 138 valence electrons. The molecule has 2 aromatic rings. The molecule has 3 nitrogen and oxygen atoms in total. The molecule has 0 unspecified atom stereocenters. The van der Waals surface area contributed by atoms with Gasteiger partial charge >= 0.3 is 0 Å². The largest absolute Gasteiger partial charge is 0.481 e. The highest BCUT2D eigenvalue weighted by Crippen LogP contribution is 2.30. The van der Waals surface area contributed by atoms with E-state index in [0.29, 0.717) is 5.92 Å². The second-order valence-electron chi connectivity index (χ2n) is 7.61. The minimum atomic E-state index is -0.525. The molecule has 26 heavy (non-hydrogen) atoms. The third-order valence-corrected chi connectivity index (χ3v) is 5.15. The quantitative estimate of drug-likeness (QED) is 0.816. The molecule has 3 rings (SSSR count). The second-order valence-corrected chi connectivity index (χ2v) is 7.61. The number of benzene rings is 2. The van der Waals surface area contributed by atoms with Gasteiger partial charge in [0.1, 0.15) is 5.75 Å². The zero-order chi connectivity index (χ0) is 18.7. The Labute approximate surface area is 156 Å². The van der Waals surface area contributed by atoms with E-state index in [-0.39, 0.29) is 11.9 Å². The van der Waals surface area contributed by atoms with Gasteiger partial charge in [-0.2, -0.15) is 0 Å². The molecular weight excluding hydrogens is 322 g/mol. The van der Waals surface area contributed by atoms with E-state index in [0.717, 1.165) is 36.1 Å². The second kappa shape index (κ2) is 7.94. The van der Waals surface area contributed by atoms with Gasteiger partial charge in [-0.15, -0.1) is 0 Å². The highest BCUT2D eigenvalue weighted by atomic mass is 16.5. The Morgan fingerprint density at radius 3 is 2.69 bits per heavy atom. The lowest BCUT2D eigenvalue weighted by molar-refractivity contribution is -0.128. The van der Waals surface area contributed by atoms with E-state index in [1.54, 1.807) is 0 Å². The van der Waals surface area contributed by atoms with Crippen LogP contribution in [0, 0.1) is 6.92 Å². The Kier molecular flexibility index (Phi) is 5.65. The van der Waals surface area contributed by atoms with Crippen molar-refractivity contribution in [2.75, 3.05) is 0 Å². The third-order valence-electron chi connectivity index (χ3n) is 5.15. The van der Waals surface area contributed by atoms with Crippen molar-refractivity contribution < 1.29 is 9.53 Å². The Balaban J connectivity index is 1.71. The molecule has 1 aliphatic carbocycles. The lowest BCUT2D eigenvalue weighted by Crippen LogP contribution is -2.39. The van der Waals surface area contributed by atoms with Crippen molar-refractivity contribution in [2.24, 2.45) is 0 Å². The maximum Gasteiger partial charge on any atom is 0.261 e. The number of aryl methyl sites for hydroxylation is 2. The van der Waals surface area contributed by atoms with Gasteiger partial charge in [0.05, 0.1) is 6.04 Å². The van der Waals surface area contributed by atoms with Gasteiger partial charge in [0.25, 0.3) is 5.91 Å². The van der Waals surface area contributed by atoms with Gasteiger partial charge in [0.15, 0.2) is 6.10 Å². The minimum Gasteiger partial charge on any atom is -0.481 e. The standard InChI is InChI=1S/C23H29NO2/c1-15(2)19-13-12-16(3)14-22(19)26-17(4)23(25)24-21-11-7-9-18-8-5-6-10-20(18)21/h5-6,8,10,12-15,17,21H,7,9,11H2,1-4H3,(H,24,25)/t17-,21-/m1/s1. The number of rotatable bonds is 5. The lowest BCUT2D eigenvalue weighted by atomic mass is 9.87. The minimum absolute atomic E-state index is 0.0529. The van der Waals surface area contributed by atoms with Crippen LogP contribution in [-0.4, -0.2) is 12.0 Å². The maximum atomic E-state index is 12.8. The van der Waals surface area contributed by atoms with E-state index in [4.69, 9.17) is 4.74 Å². The third kappa shape index (κ3) is 4.09. The van der Waals surface area contributed by atoms with Crippen LogP contribution in [-0.2, 0) is 11.2 Å². The fourth-order valence-electron chi connectivity index (χ4n) is 3.66. The summed E-state index contributed by atoms with van der Waals surface area (Å²) < 4.78 is 6.07. The van der Waals surface area contributed by atoms with Crippen molar-refractivity contribution in [2.45, 2.75) is 65.0 Å². The number of ether oxygens (including phenoxy) is 1. The van der Waals surface area contributed by atoms with Crippen LogP contribution >= 0.6 is 0 Å². The van der Waals surface area contributed by atoms with Crippen molar-refractivity contribution in [3.05, 3.63) is 64.7 Å². The van der Waals surface area contributed by atoms with Crippen LogP contribution in [0.4, 0.5) is 0 Å². The van der Waals surface area contributed by atoms with Crippen molar-refractivity contribution in [3.63, 3.8) is 0 Å². The summed E-state index contributed by atoms with van der Waals surface area (Å²) in [6, 6.07) is 14.7. The summed E-state index contributed by atoms with van der Waals surface area (Å²) in [4.78, 5) is 12.8. The van der Waals surface area contributed by atoms with E-state index >= 15 is 0 Å². The molecule has 1 aliphatic rings. The highest BCUT2D eigenvalue weighted by Gasteiger charge is 2.25. The average Bonchev–Trinajstić information content (AvgIpc) is 2.61. The normalized spacial score (nSPS) is 17.5. The van der Waals surface area contributed by atoms with Crippen LogP contribution in [0.15, 0.2) is 42.5 Å². The van der Waals surface area contributed by atoms with Crippen LogP contribution < -0.4 is 10.1 Å². The molecule has 3 heteroatoms. The first kappa shape index (κ1) is 18.5. The molecule has 0 heterocycles. The zero-order valence-corrected chi connectivity index (χ0v) is 16.2. The lowest BCUT2D eigenvalue weighted by Gasteiger charge is -2.28. The van der Waals surface area contributed by atoms with E-state index in [1.165, 1.54) is 11.1 Å². The SMILES string of the molecule is Cc1ccc(C(C)C)c(O[C@H](C)C(=O)N[C@@H]2CCCc3ccccc32)c1. The number of fused-ring (bicyclic) bond motifs is 1. The molecule has 0 spiro atoms. The molecule has 0 bridgehead atoms. The van der Waals surface area contributed by atoms with Gasteiger partial charge in [-0.05, 0) is 67.3 Å². The average molecular weight is 351 g/mol. The summed E-state index contributed by atoms with van der Waals surface area (Å²) in [6.07, 6.45) is 2.66. The van der Waals surface area contributed by atoms with Crippen LogP contribution in [0.5, 0.6) is 5.75 Å². The molecule has 0 fully saturated rings. The topological polar surface area (TPSA) is 38.3 Å². The van der Waals surface area contributed by atoms with Crippen LogP contribution in [0.25, 0.3) is 0 Å². The summed E-state index contributed by atoms with van der Waals surface area (Å²) in [6.45, 7) is 8.15. The first-order chi connectivity index (χ1) is 12.5. The summed E-state index contributed by atoms with van der Waals surface area (Å²) in [5.74, 6) is 1.11. The molecular formula is C23H29NO2. The molecule has 0 aliphatic heterocycles. The fourth-order valence-corrected chi connectivity index (χ4v) is 3.66. The number of hydrogen-bond acceptors (Lipinski definition) is 2. The first-order valence-corrected chi connectivity index (χ1v) is 9.61. The van der Waals surface area contributed by atoms with E-state index in [2.05, 4.69) is 49.5 Å². The van der Waals surface area contributed by atoms with E-state index in [1.807, 2.05) is 26.0 Å². The predicted molar refractivity (Wildman–Crippen MR) is 106 cm³/mol. The van der Waals surface area contributed by atoms with Crippen molar-refractivity contribution in [3.8, 4) is 5.75 Å². The van der Waals surface area contributed by atoms with Crippen molar-refractivity contribution in [1.82, 2.24) is 5.32 Å². The van der Waals surface area contributed by atoms with Crippen LogP contribution in [0.3, 0.4) is 0 Å². The Hall–Kier alpha value is -2.29. The molecule has 0 saturated heterocycles. The van der Waals surface area contributed by atoms with Gasteiger partial charge in [-0.1, -0.05) is 50.2 Å². The number of nitrogens with one attached hydrogen (secondary N) is 1. The number of carbonyl (C=O) groups excluding carboxylic acids is 1. The molecule has 0 saturated carbocycles. The zero-order valence-electron chi connectivity index (χ0n) is 16.2. The fraction of sp³-hybridized carbons (Fsp3) is 0.435. The predicted octanol–water partition coefficient (Wildman–Crippen LogP) is 5.08. The van der Waals surface area contributed by atoms with Crippen molar-refractivity contribution in [1.29, 1.82) is 0 Å². The van der Waals surface area contributed by atoms with E-state index < -0.39 is 6.10 Å².